The molecule has 3 heterocycles. The third-order valence-corrected chi connectivity index (χ3v) is 12.4. The second-order valence-corrected chi connectivity index (χ2v) is 12.9. The van der Waals surface area contributed by atoms with Gasteiger partial charge in [0.15, 0.2) is 0 Å². The summed E-state index contributed by atoms with van der Waals surface area (Å²) in [5.74, 6) is 0. The molecular formula is C32H41IN4. The first-order valence-electron chi connectivity index (χ1n) is 14.1. The van der Waals surface area contributed by atoms with E-state index in [1.165, 1.54) is 47.0 Å². The van der Waals surface area contributed by atoms with Crippen LogP contribution in [0.1, 0.15) is 73.6 Å². The number of hydrogen-bond donors (Lipinski definition) is 0. The average molecular weight is 609 g/mol. The number of rotatable bonds is 7. The van der Waals surface area contributed by atoms with E-state index in [0.717, 1.165) is 19.3 Å². The molecule has 0 N–H and O–H groups in total. The van der Waals surface area contributed by atoms with Crippen molar-refractivity contribution in [2.45, 2.75) is 89.9 Å². The van der Waals surface area contributed by atoms with Gasteiger partial charge in [-0.15, -0.1) is 0 Å². The number of allylic oxidation sites excluding steroid dienone is 4. The third kappa shape index (κ3) is 3.18. The van der Waals surface area contributed by atoms with Gasteiger partial charge in [0, 0.05) is 37.5 Å². The summed E-state index contributed by atoms with van der Waals surface area (Å²) in [5.41, 5.74) is 8.75. The van der Waals surface area contributed by atoms with E-state index in [1.807, 2.05) is 0 Å². The maximum atomic E-state index is 2.80. The molecule has 0 aromatic heterocycles. The summed E-state index contributed by atoms with van der Waals surface area (Å²) in [6.45, 7) is 14.5. The quantitative estimate of drug-likeness (QED) is 0.231. The first-order chi connectivity index (χ1) is 17.8. The van der Waals surface area contributed by atoms with Crippen molar-refractivity contribution in [3.8, 4) is 0 Å². The van der Waals surface area contributed by atoms with Crippen LogP contribution in [0, 0.1) is 10.8 Å². The van der Waals surface area contributed by atoms with Crippen molar-refractivity contribution in [2.75, 3.05) is 9.80 Å². The third-order valence-electron chi connectivity index (χ3n) is 9.81. The largest absolute Gasteiger partial charge is 0.320 e. The topological polar surface area (TPSA) is 13.0 Å². The van der Waals surface area contributed by atoms with Crippen LogP contribution in [-0.2, 0) is 0 Å². The summed E-state index contributed by atoms with van der Waals surface area (Å²) < 4.78 is 0.560. The molecule has 4 nitrogen and oxygen atoms in total. The summed E-state index contributed by atoms with van der Waals surface area (Å²) in [6, 6.07) is 22.3. The van der Waals surface area contributed by atoms with Crippen molar-refractivity contribution < 1.29 is 0 Å². The second-order valence-electron chi connectivity index (χ2n) is 11.7. The van der Waals surface area contributed by atoms with Gasteiger partial charge < -0.3 is 9.80 Å². The molecule has 3 aliphatic heterocycles. The van der Waals surface area contributed by atoms with E-state index in [9.17, 15) is 0 Å². The highest BCUT2D eigenvalue weighted by atomic mass is 127. The number of alkyl halides is 1. The van der Waals surface area contributed by atoms with Gasteiger partial charge in [-0.3, -0.25) is 10.0 Å². The molecule has 6 rings (SSSR count). The molecule has 1 saturated heterocycles. The molecular weight excluding hydrogens is 567 g/mol. The van der Waals surface area contributed by atoms with Gasteiger partial charge in [-0.05, 0) is 57.4 Å². The van der Waals surface area contributed by atoms with Gasteiger partial charge in [0.2, 0.25) is 0 Å². The predicted octanol–water partition coefficient (Wildman–Crippen LogP) is 8.49. The lowest BCUT2D eigenvalue weighted by atomic mass is 9.86. The molecule has 2 aromatic rings. The molecule has 5 unspecified atom stereocenters. The van der Waals surface area contributed by atoms with Crippen LogP contribution in [0.5, 0.6) is 0 Å². The van der Waals surface area contributed by atoms with E-state index in [1.54, 1.807) is 0 Å². The summed E-state index contributed by atoms with van der Waals surface area (Å²) in [7, 11) is 0. The number of nitrogens with zero attached hydrogens (tertiary/aromatic N) is 4. The zero-order valence-corrected chi connectivity index (χ0v) is 25.4. The first kappa shape index (κ1) is 25.1. The summed E-state index contributed by atoms with van der Waals surface area (Å²) in [4.78, 5) is 5.42. The SMILES string of the molecule is CCCCC1=C(C)N2C(N1c1ccccc1)C1(C)C(I)C1(C)C1N(c3ccccc3)C(CCC)=C(C)N12. The van der Waals surface area contributed by atoms with Gasteiger partial charge >= 0.3 is 0 Å². The van der Waals surface area contributed by atoms with Crippen LogP contribution in [0.2, 0.25) is 0 Å². The Morgan fingerprint density at radius 1 is 0.676 bits per heavy atom. The minimum Gasteiger partial charge on any atom is -0.320 e. The van der Waals surface area contributed by atoms with Gasteiger partial charge in [-0.25, -0.2) is 0 Å². The van der Waals surface area contributed by atoms with Gasteiger partial charge in [-0.2, -0.15) is 0 Å². The Hall–Kier alpha value is -2.15. The Bertz CT molecular complexity index is 1240. The number of fused-ring (bicyclic) bond motifs is 6. The fourth-order valence-corrected chi connectivity index (χ4v) is 9.47. The smallest absolute Gasteiger partial charge is 0.132 e. The maximum absolute atomic E-state index is 2.80. The second kappa shape index (κ2) is 8.96. The molecule has 4 aliphatic rings. The number of benzene rings is 2. The van der Waals surface area contributed by atoms with Gasteiger partial charge in [0.25, 0.3) is 0 Å². The van der Waals surface area contributed by atoms with Crippen LogP contribution in [0.15, 0.2) is 83.5 Å². The number of para-hydroxylation sites is 2. The van der Waals surface area contributed by atoms with E-state index in [2.05, 4.69) is 145 Å². The lowest BCUT2D eigenvalue weighted by Gasteiger charge is -2.54. The summed E-state index contributed by atoms with van der Waals surface area (Å²) in [6.07, 6.45) is 6.34. The highest BCUT2D eigenvalue weighted by Gasteiger charge is 2.84. The molecule has 0 amide bonds. The number of hydrogen-bond acceptors (Lipinski definition) is 4. The zero-order chi connectivity index (χ0) is 26.1. The standard InChI is InChI=1S/C32H41IN4/c1-7-9-21-27-23(4)37-30(35(27)25-19-14-11-15-20-25)32(6)28(33)31(32,5)29-34(24-17-12-10-13-18-24)26(16-8-2)22(3)36(29)37/h10-15,17-20,28-30H,7-9,16,21H2,1-6H3. The lowest BCUT2D eigenvalue weighted by molar-refractivity contribution is -0.0999. The molecule has 2 aromatic carbocycles. The molecule has 196 valence electrons. The molecule has 1 saturated carbocycles. The van der Waals surface area contributed by atoms with Gasteiger partial charge in [0.05, 0.1) is 11.4 Å². The highest BCUT2D eigenvalue weighted by molar-refractivity contribution is 14.1. The number of anilines is 2. The average Bonchev–Trinajstić information content (AvgIpc) is 3.14. The lowest BCUT2D eigenvalue weighted by Crippen LogP contribution is -2.65. The normalized spacial score (nSPS) is 32.2. The van der Waals surface area contributed by atoms with Crippen molar-refractivity contribution in [3.63, 3.8) is 0 Å². The molecule has 0 spiro atoms. The molecule has 2 fully saturated rings. The summed E-state index contributed by atoms with van der Waals surface area (Å²) >= 11 is 2.80. The molecule has 5 atom stereocenters. The fraction of sp³-hybridized carbons (Fsp3) is 0.500. The Balaban J connectivity index is 1.57. The minimum absolute atomic E-state index is 0.134. The van der Waals surface area contributed by atoms with Crippen molar-refractivity contribution in [3.05, 3.63) is 83.5 Å². The van der Waals surface area contributed by atoms with Crippen LogP contribution in [0.4, 0.5) is 11.4 Å². The van der Waals surface area contributed by atoms with Gasteiger partial charge in [0.1, 0.15) is 12.3 Å². The van der Waals surface area contributed by atoms with Gasteiger partial charge in [-0.1, -0.05) is 99.5 Å². The van der Waals surface area contributed by atoms with Crippen molar-refractivity contribution in [1.29, 1.82) is 0 Å². The summed E-state index contributed by atoms with van der Waals surface area (Å²) in [5, 5.41) is 5.43. The minimum atomic E-state index is 0.134. The van der Waals surface area contributed by atoms with E-state index >= 15 is 0 Å². The van der Waals surface area contributed by atoms with E-state index in [0.29, 0.717) is 3.92 Å². The first-order valence-corrected chi connectivity index (χ1v) is 15.4. The van der Waals surface area contributed by atoms with Crippen LogP contribution in [0.3, 0.4) is 0 Å². The molecule has 37 heavy (non-hydrogen) atoms. The van der Waals surface area contributed by atoms with Crippen molar-refractivity contribution in [1.82, 2.24) is 10.0 Å². The van der Waals surface area contributed by atoms with E-state index in [-0.39, 0.29) is 23.2 Å². The van der Waals surface area contributed by atoms with E-state index in [4.69, 9.17) is 0 Å². The Kier molecular flexibility index (Phi) is 6.09. The maximum Gasteiger partial charge on any atom is 0.132 e. The molecule has 5 heteroatoms. The van der Waals surface area contributed by atoms with Crippen LogP contribution < -0.4 is 9.80 Å². The van der Waals surface area contributed by atoms with Crippen molar-refractivity contribution in [2.24, 2.45) is 10.8 Å². The van der Waals surface area contributed by atoms with Crippen LogP contribution in [0.25, 0.3) is 0 Å². The Morgan fingerprint density at radius 3 is 1.51 bits per heavy atom. The van der Waals surface area contributed by atoms with E-state index < -0.39 is 0 Å². The molecule has 0 radical (unpaired) electrons. The zero-order valence-electron chi connectivity index (χ0n) is 23.2. The Labute approximate surface area is 237 Å². The Morgan fingerprint density at radius 2 is 1.11 bits per heavy atom. The fourth-order valence-electron chi connectivity index (χ4n) is 7.66. The van der Waals surface area contributed by atoms with Crippen LogP contribution in [-0.4, -0.2) is 26.3 Å². The molecule has 0 bridgehead atoms. The van der Waals surface area contributed by atoms with Crippen LogP contribution >= 0.6 is 22.6 Å². The number of unbranched alkanes of at least 4 members (excludes halogenated alkanes) is 1. The molecule has 1 aliphatic carbocycles. The van der Waals surface area contributed by atoms with Crippen molar-refractivity contribution >= 4 is 34.0 Å². The monoisotopic (exact) mass is 608 g/mol. The predicted molar refractivity (Wildman–Crippen MR) is 163 cm³/mol. The highest BCUT2D eigenvalue weighted by Crippen LogP contribution is 2.78. The number of hydrazine groups is 1. The number of halogens is 1.